The molecule has 2 fully saturated rings. The molecule has 3 heteroatoms. The number of esters is 1. The fourth-order valence-electron chi connectivity index (χ4n) is 3.38. The zero-order valence-corrected chi connectivity index (χ0v) is 10.5. The van der Waals surface area contributed by atoms with Gasteiger partial charge >= 0.3 is 5.97 Å². The number of hydrogen-bond acceptors (Lipinski definition) is 3. The van der Waals surface area contributed by atoms with Gasteiger partial charge in [-0.15, -0.1) is 0 Å². The van der Waals surface area contributed by atoms with Gasteiger partial charge in [-0.25, -0.2) is 0 Å². The second kappa shape index (κ2) is 4.39. The van der Waals surface area contributed by atoms with Gasteiger partial charge in [-0.1, -0.05) is 30.3 Å². The van der Waals surface area contributed by atoms with Gasteiger partial charge < -0.3 is 10.5 Å². The van der Waals surface area contributed by atoms with Crippen LogP contribution >= 0.6 is 0 Å². The first kappa shape index (κ1) is 11.7. The molecule has 2 aliphatic rings. The van der Waals surface area contributed by atoms with E-state index in [-0.39, 0.29) is 11.9 Å². The molecule has 0 bridgehead atoms. The van der Waals surface area contributed by atoms with E-state index in [0.717, 1.165) is 31.2 Å². The molecule has 1 aromatic carbocycles. The number of ether oxygens (including phenoxy) is 1. The van der Waals surface area contributed by atoms with Crippen molar-refractivity contribution in [1.29, 1.82) is 0 Å². The summed E-state index contributed by atoms with van der Waals surface area (Å²) < 4.78 is 5.35. The predicted octanol–water partition coefficient (Wildman–Crippen LogP) is 2.25. The van der Waals surface area contributed by atoms with E-state index in [4.69, 9.17) is 10.5 Å². The van der Waals surface area contributed by atoms with Crippen molar-refractivity contribution in [2.24, 2.45) is 17.1 Å². The summed E-state index contributed by atoms with van der Waals surface area (Å²) in [5, 5.41) is 0. The third-order valence-corrected chi connectivity index (χ3v) is 4.31. The van der Waals surface area contributed by atoms with E-state index in [1.807, 2.05) is 30.3 Å². The molecule has 0 aliphatic heterocycles. The van der Waals surface area contributed by atoms with E-state index >= 15 is 0 Å². The molecule has 2 N–H and O–H groups in total. The number of nitrogens with two attached hydrogens (primary N) is 1. The summed E-state index contributed by atoms with van der Waals surface area (Å²) in [6.07, 6.45) is 4.15. The largest absolute Gasteiger partial charge is 0.461 e. The lowest BCUT2D eigenvalue weighted by atomic mass is 9.50. The molecule has 1 spiro atoms. The van der Waals surface area contributed by atoms with Crippen LogP contribution in [0.15, 0.2) is 30.3 Å². The Kier molecular flexibility index (Phi) is 2.86. The Hall–Kier alpha value is -1.35. The number of benzene rings is 1. The Balaban J connectivity index is 1.44. The van der Waals surface area contributed by atoms with Crippen molar-refractivity contribution in [3.05, 3.63) is 35.9 Å². The van der Waals surface area contributed by atoms with Crippen molar-refractivity contribution in [2.75, 3.05) is 0 Å². The highest BCUT2D eigenvalue weighted by Crippen LogP contribution is 2.58. The van der Waals surface area contributed by atoms with Gasteiger partial charge in [0.2, 0.25) is 0 Å². The number of carbonyl (C=O) groups is 1. The molecule has 3 rings (SSSR count). The van der Waals surface area contributed by atoms with Gasteiger partial charge in [-0.05, 0) is 36.7 Å². The summed E-state index contributed by atoms with van der Waals surface area (Å²) in [6.45, 7) is 0.392. The first-order valence-corrected chi connectivity index (χ1v) is 6.63. The van der Waals surface area contributed by atoms with Crippen LogP contribution in [-0.2, 0) is 16.1 Å². The Bertz CT molecular complexity index is 429. The van der Waals surface area contributed by atoms with Crippen molar-refractivity contribution in [2.45, 2.75) is 38.3 Å². The van der Waals surface area contributed by atoms with Crippen LogP contribution < -0.4 is 5.73 Å². The summed E-state index contributed by atoms with van der Waals surface area (Å²) in [7, 11) is 0. The molecule has 0 aromatic heterocycles. The SMILES string of the molecule is NC1CC2(C1)CC(C(=O)OCc1ccccc1)C2. The van der Waals surface area contributed by atoms with E-state index in [1.54, 1.807) is 0 Å². The topological polar surface area (TPSA) is 52.3 Å². The molecule has 2 saturated carbocycles. The highest BCUT2D eigenvalue weighted by Gasteiger charge is 2.54. The standard InChI is InChI=1S/C15H19NO2/c16-13-8-15(9-13)6-12(7-15)14(17)18-10-11-4-2-1-3-5-11/h1-5,12-13H,6-10,16H2. The lowest BCUT2D eigenvalue weighted by Crippen LogP contribution is -2.55. The first-order valence-electron chi connectivity index (χ1n) is 6.63. The predicted molar refractivity (Wildman–Crippen MR) is 68.6 cm³/mol. The van der Waals surface area contributed by atoms with Crippen LogP contribution in [0.1, 0.15) is 31.2 Å². The van der Waals surface area contributed by atoms with Gasteiger partial charge in [0.25, 0.3) is 0 Å². The van der Waals surface area contributed by atoms with Gasteiger partial charge in [0.15, 0.2) is 0 Å². The average Bonchev–Trinajstić information content (AvgIpc) is 2.30. The highest BCUT2D eigenvalue weighted by molar-refractivity contribution is 5.74. The zero-order chi connectivity index (χ0) is 12.6. The third kappa shape index (κ3) is 2.15. The molecule has 3 nitrogen and oxygen atoms in total. The molecule has 0 atom stereocenters. The Morgan fingerprint density at radius 1 is 1.22 bits per heavy atom. The van der Waals surface area contributed by atoms with E-state index in [1.165, 1.54) is 0 Å². The summed E-state index contributed by atoms with van der Waals surface area (Å²) in [5.41, 5.74) is 7.25. The maximum absolute atomic E-state index is 11.9. The molecule has 96 valence electrons. The minimum Gasteiger partial charge on any atom is -0.461 e. The van der Waals surface area contributed by atoms with E-state index in [0.29, 0.717) is 18.1 Å². The fourth-order valence-corrected chi connectivity index (χ4v) is 3.38. The quantitative estimate of drug-likeness (QED) is 0.831. The first-order chi connectivity index (χ1) is 8.67. The van der Waals surface area contributed by atoms with Crippen LogP contribution in [0.2, 0.25) is 0 Å². The second-order valence-electron chi connectivity index (χ2n) is 5.87. The smallest absolute Gasteiger partial charge is 0.309 e. The normalized spacial score (nSPS) is 33.6. The molecule has 0 radical (unpaired) electrons. The second-order valence-corrected chi connectivity index (χ2v) is 5.87. The molecule has 0 unspecified atom stereocenters. The summed E-state index contributed by atoms with van der Waals surface area (Å²) in [5.74, 6) is 0.0751. The molecule has 18 heavy (non-hydrogen) atoms. The molecule has 0 heterocycles. The van der Waals surface area contributed by atoms with Crippen molar-refractivity contribution < 1.29 is 9.53 Å². The summed E-state index contributed by atoms with van der Waals surface area (Å²) >= 11 is 0. The molecule has 0 saturated heterocycles. The van der Waals surface area contributed by atoms with Gasteiger partial charge in [-0.3, -0.25) is 4.79 Å². The number of rotatable bonds is 3. The van der Waals surface area contributed by atoms with Crippen LogP contribution in [-0.4, -0.2) is 12.0 Å². The van der Waals surface area contributed by atoms with Gasteiger partial charge in [-0.2, -0.15) is 0 Å². The van der Waals surface area contributed by atoms with Gasteiger partial charge in [0.1, 0.15) is 6.61 Å². The maximum atomic E-state index is 11.9. The number of hydrogen-bond donors (Lipinski definition) is 1. The lowest BCUT2D eigenvalue weighted by Gasteiger charge is -2.56. The van der Waals surface area contributed by atoms with Crippen LogP contribution in [0.5, 0.6) is 0 Å². The number of carbonyl (C=O) groups excluding carboxylic acids is 1. The highest BCUT2D eigenvalue weighted by atomic mass is 16.5. The van der Waals surface area contributed by atoms with Crippen molar-refractivity contribution in [1.82, 2.24) is 0 Å². The molecular weight excluding hydrogens is 226 g/mol. The Morgan fingerprint density at radius 2 is 1.89 bits per heavy atom. The summed E-state index contributed by atoms with van der Waals surface area (Å²) in [6, 6.07) is 10.2. The Morgan fingerprint density at radius 3 is 2.50 bits per heavy atom. The minimum atomic E-state index is -0.0371. The minimum absolute atomic E-state index is 0.0371. The van der Waals surface area contributed by atoms with E-state index < -0.39 is 0 Å². The Labute approximate surface area is 107 Å². The zero-order valence-electron chi connectivity index (χ0n) is 10.5. The molecule has 1 aromatic rings. The van der Waals surface area contributed by atoms with Crippen LogP contribution in [0.25, 0.3) is 0 Å². The van der Waals surface area contributed by atoms with Crippen LogP contribution in [0.3, 0.4) is 0 Å². The fraction of sp³-hybridized carbons (Fsp3) is 0.533. The van der Waals surface area contributed by atoms with Crippen molar-refractivity contribution in [3.63, 3.8) is 0 Å². The molecule has 0 amide bonds. The van der Waals surface area contributed by atoms with E-state index in [2.05, 4.69) is 0 Å². The maximum Gasteiger partial charge on any atom is 0.309 e. The van der Waals surface area contributed by atoms with Crippen molar-refractivity contribution >= 4 is 5.97 Å². The third-order valence-electron chi connectivity index (χ3n) is 4.31. The monoisotopic (exact) mass is 245 g/mol. The lowest BCUT2D eigenvalue weighted by molar-refractivity contribution is -0.163. The van der Waals surface area contributed by atoms with Crippen molar-refractivity contribution in [3.8, 4) is 0 Å². The van der Waals surface area contributed by atoms with Crippen LogP contribution in [0.4, 0.5) is 0 Å². The summed E-state index contributed by atoms with van der Waals surface area (Å²) in [4.78, 5) is 11.9. The molecular formula is C15H19NO2. The van der Waals surface area contributed by atoms with Gasteiger partial charge in [0.05, 0.1) is 5.92 Å². The van der Waals surface area contributed by atoms with Gasteiger partial charge in [0, 0.05) is 6.04 Å². The average molecular weight is 245 g/mol. The molecule has 2 aliphatic carbocycles. The van der Waals surface area contributed by atoms with Crippen LogP contribution in [0, 0.1) is 11.3 Å². The van der Waals surface area contributed by atoms with E-state index in [9.17, 15) is 4.79 Å².